The summed E-state index contributed by atoms with van der Waals surface area (Å²) in [6, 6.07) is 1.78. The molecule has 1 aliphatic carbocycles. The minimum Gasteiger partial charge on any atom is -0.335 e. The fourth-order valence-electron chi connectivity index (χ4n) is 4.36. The van der Waals surface area contributed by atoms with E-state index in [4.69, 9.17) is 23.2 Å². The quantitative estimate of drug-likeness (QED) is 0.787. The molecule has 2 aliphatic rings. The maximum atomic E-state index is 12.8. The third kappa shape index (κ3) is 2.76. The fourth-order valence-corrected chi connectivity index (χ4v) is 4.68. The van der Waals surface area contributed by atoms with E-state index >= 15 is 0 Å². The van der Waals surface area contributed by atoms with Crippen LogP contribution in [0.2, 0.25) is 10.3 Å². The zero-order valence-electron chi connectivity index (χ0n) is 12.5. The van der Waals surface area contributed by atoms with Gasteiger partial charge in [0.05, 0.1) is 5.56 Å². The Morgan fingerprint density at radius 3 is 2.71 bits per heavy atom. The SMILES string of the molecule is CC1(C)CC2CC(C)(CN2C(=O)c2cc(Cl)nnc2Cl)C1. The second-order valence-corrected chi connectivity index (χ2v) is 8.26. The summed E-state index contributed by atoms with van der Waals surface area (Å²) in [5.74, 6) is -0.0803. The van der Waals surface area contributed by atoms with Crippen molar-refractivity contribution in [2.45, 2.75) is 46.1 Å². The molecule has 2 fully saturated rings. The van der Waals surface area contributed by atoms with E-state index in [9.17, 15) is 4.79 Å². The molecule has 1 aromatic rings. The van der Waals surface area contributed by atoms with Gasteiger partial charge >= 0.3 is 0 Å². The molecule has 21 heavy (non-hydrogen) atoms. The van der Waals surface area contributed by atoms with Crippen LogP contribution >= 0.6 is 23.2 Å². The van der Waals surface area contributed by atoms with Crippen molar-refractivity contribution >= 4 is 29.1 Å². The normalized spacial score (nSPS) is 30.5. The summed E-state index contributed by atoms with van der Waals surface area (Å²) >= 11 is 11.9. The number of hydrogen-bond acceptors (Lipinski definition) is 3. The fraction of sp³-hybridized carbons (Fsp3) is 0.667. The molecule has 1 amide bonds. The number of carbonyl (C=O) groups is 1. The molecule has 1 aliphatic heterocycles. The minimum absolute atomic E-state index is 0.0803. The standard InChI is InChI=1S/C15H19Cl2N3O/c1-14(2)5-9-6-15(3,7-14)8-20(9)13(21)10-4-11(16)18-19-12(10)17/h4,9H,5-8H2,1-3H3. The van der Waals surface area contributed by atoms with Crippen LogP contribution in [-0.4, -0.2) is 33.6 Å². The molecule has 0 radical (unpaired) electrons. The second-order valence-electron chi connectivity index (χ2n) is 7.52. The number of rotatable bonds is 1. The van der Waals surface area contributed by atoms with Crippen LogP contribution in [0.4, 0.5) is 0 Å². The highest BCUT2D eigenvalue weighted by Crippen LogP contribution is 2.52. The summed E-state index contributed by atoms with van der Waals surface area (Å²) in [6.07, 6.45) is 3.23. The van der Waals surface area contributed by atoms with E-state index in [0.717, 1.165) is 25.8 Å². The van der Waals surface area contributed by atoms with Crippen molar-refractivity contribution in [3.63, 3.8) is 0 Å². The number of halogens is 2. The van der Waals surface area contributed by atoms with Gasteiger partial charge in [0, 0.05) is 12.6 Å². The molecule has 0 spiro atoms. The third-order valence-corrected chi connectivity index (χ3v) is 5.09. The maximum absolute atomic E-state index is 12.8. The second kappa shape index (κ2) is 4.82. The van der Waals surface area contributed by atoms with Crippen LogP contribution in [0.15, 0.2) is 6.07 Å². The van der Waals surface area contributed by atoms with Crippen LogP contribution in [0.1, 0.15) is 50.4 Å². The highest BCUT2D eigenvalue weighted by Gasteiger charge is 2.51. The molecule has 2 bridgehead atoms. The van der Waals surface area contributed by atoms with E-state index in [0.29, 0.717) is 5.56 Å². The van der Waals surface area contributed by atoms with Gasteiger partial charge in [-0.25, -0.2) is 0 Å². The van der Waals surface area contributed by atoms with Gasteiger partial charge in [-0.3, -0.25) is 4.79 Å². The van der Waals surface area contributed by atoms with Gasteiger partial charge in [-0.2, -0.15) is 0 Å². The lowest BCUT2D eigenvalue weighted by atomic mass is 9.65. The molecule has 114 valence electrons. The molecule has 2 atom stereocenters. The van der Waals surface area contributed by atoms with E-state index in [1.165, 1.54) is 6.07 Å². The predicted octanol–water partition coefficient (Wildman–Crippen LogP) is 3.82. The van der Waals surface area contributed by atoms with Gasteiger partial charge < -0.3 is 4.90 Å². The Labute approximate surface area is 134 Å². The molecule has 2 heterocycles. The monoisotopic (exact) mass is 327 g/mol. The molecular weight excluding hydrogens is 309 g/mol. The Morgan fingerprint density at radius 2 is 2.00 bits per heavy atom. The van der Waals surface area contributed by atoms with Gasteiger partial charge in [-0.05, 0) is 36.2 Å². The molecule has 6 heteroatoms. The largest absolute Gasteiger partial charge is 0.335 e. The van der Waals surface area contributed by atoms with Crippen LogP contribution in [0.3, 0.4) is 0 Å². The smallest absolute Gasteiger partial charge is 0.257 e. The van der Waals surface area contributed by atoms with E-state index in [2.05, 4.69) is 31.0 Å². The first-order valence-electron chi connectivity index (χ1n) is 7.19. The van der Waals surface area contributed by atoms with Crippen LogP contribution in [0, 0.1) is 10.8 Å². The van der Waals surface area contributed by atoms with E-state index < -0.39 is 0 Å². The topological polar surface area (TPSA) is 46.1 Å². The number of carbonyl (C=O) groups excluding carboxylic acids is 1. The Kier molecular flexibility index (Phi) is 3.45. The van der Waals surface area contributed by atoms with Crippen LogP contribution in [0.25, 0.3) is 0 Å². The number of amides is 1. The molecular formula is C15H19Cl2N3O. The zero-order valence-corrected chi connectivity index (χ0v) is 14.0. The summed E-state index contributed by atoms with van der Waals surface area (Å²) in [7, 11) is 0. The number of fused-ring (bicyclic) bond motifs is 2. The molecule has 1 saturated carbocycles. The lowest BCUT2D eigenvalue weighted by Crippen LogP contribution is -2.38. The summed E-state index contributed by atoms with van der Waals surface area (Å²) in [5.41, 5.74) is 0.814. The molecule has 2 unspecified atom stereocenters. The van der Waals surface area contributed by atoms with E-state index in [1.807, 2.05) is 4.90 Å². The van der Waals surface area contributed by atoms with Crippen molar-refractivity contribution in [1.29, 1.82) is 0 Å². The van der Waals surface area contributed by atoms with E-state index in [-0.39, 0.29) is 33.1 Å². The van der Waals surface area contributed by atoms with Gasteiger partial charge in [0.25, 0.3) is 5.91 Å². The lowest BCUT2D eigenvalue weighted by molar-refractivity contribution is 0.0707. The molecule has 1 aromatic heterocycles. The van der Waals surface area contributed by atoms with Gasteiger partial charge in [-0.1, -0.05) is 44.0 Å². The zero-order chi connectivity index (χ0) is 15.4. The third-order valence-electron chi connectivity index (χ3n) is 4.63. The van der Waals surface area contributed by atoms with Crippen molar-refractivity contribution in [2.75, 3.05) is 6.54 Å². The van der Waals surface area contributed by atoms with Gasteiger partial charge in [-0.15, -0.1) is 10.2 Å². The molecule has 4 nitrogen and oxygen atoms in total. The van der Waals surface area contributed by atoms with Crippen LogP contribution in [0.5, 0.6) is 0 Å². The van der Waals surface area contributed by atoms with Crippen molar-refractivity contribution in [3.05, 3.63) is 21.9 Å². The predicted molar refractivity (Wildman–Crippen MR) is 82.6 cm³/mol. The van der Waals surface area contributed by atoms with Crippen molar-refractivity contribution in [3.8, 4) is 0 Å². The van der Waals surface area contributed by atoms with Crippen molar-refractivity contribution in [1.82, 2.24) is 15.1 Å². The minimum atomic E-state index is -0.0803. The Morgan fingerprint density at radius 1 is 1.29 bits per heavy atom. The van der Waals surface area contributed by atoms with Crippen LogP contribution in [-0.2, 0) is 0 Å². The van der Waals surface area contributed by atoms with Gasteiger partial charge in [0.1, 0.15) is 0 Å². The first-order valence-corrected chi connectivity index (χ1v) is 7.94. The lowest BCUT2D eigenvalue weighted by Gasteiger charge is -2.39. The van der Waals surface area contributed by atoms with Crippen molar-refractivity contribution in [2.24, 2.45) is 10.8 Å². The van der Waals surface area contributed by atoms with E-state index in [1.54, 1.807) is 0 Å². The summed E-state index contributed by atoms with van der Waals surface area (Å²) < 4.78 is 0. The maximum Gasteiger partial charge on any atom is 0.257 e. The Balaban J connectivity index is 1.91. The molecule has 0 aromatic carbocycles. The first-order chi connectivity index (χ1) is 9.69. The molecule has 3 rings (SSSR count). The number of aromatic nitrogens is 2. The highest BCUT2D eigenvalue weighted by molar-refractivity contribution is 6.34. The van der Waals surface area contributed by atoms with Gasteiger partial charge in [0.15, 0.2) is 10.3 Å². The first kappa shape index (κ1) is 15.0. The molecule has 0 N–H and O–H groups in total. The van der Waals surface area contributed by atoms with Crippen molar-refractivity contribution < 1.29 is 4.79 Å². The highest BCUT2D eigenvalue weighted by atomic mass is 35.5. The average Bonchev–Trinajstić information content (AvgIpc) is 2.61. The number of likely N-dealkylation sites (tertiary alicyclic amines) is 1. The van der Waals surface area contributed by atoms with Gasteiger partial charge in [0.2, 0.25) is 0 Å². The number of hydrogen-bond donors (Lipinski definition) is 0. The summed E-state index contributed by atoms with van der Waals surface area (Å²) in [4.78, 5) is 14.8. The molecule has 1 saturated heterocycles. The summed E-state index contributed by atoms with van der Waals surface area (Å²) in [5, 5.41) is 7.71. The summed E-state index contributed by atoms with van der Waals surface area (Å²) in [6.45, 7) is 7.61. The Hall–Kier alpha value is -0.870. The Bertz CT molecular complexity index is 605. The van der Waals surface area contributed by atoms with Crippen LogP contribution < -0.4 is 0 Å². The number of nitrogens with zero attached hydrogens (tertiary/aromatic N) is 3. The average molecular weight is 328 g/mol.